The highest BCUT2D eigenvalue weighted by Crippen LogP contribution is 2.19. The molecule has 148 valence electrons. The third-order valence-corrected chi connectivity index (χ3v) is 4.57. The van der Waals surface area contributed by atoms with Gasteiger partial charge in [-0.25, -0.2) is 0 Å². The number of nitrogens with one attached hydrogen (secondary N) is 3. The fourth-order valence-corrected chi connectivity index (χ4v) is 3.31. The maximum Gasteiger partial charge on any atom is 0.230 e. The lowest BCUT2D eigenvalue weighted by Gasteiger charge is -2.12. The molecule has 0 heterocycles. The second-order valence-electron chi connectivity index (χ2n) is 6.70. The van der Waals surface area contributed by atoms with Gasteiger partial charge < -0.3 is 16.0 Å². The molecule has 0 bridgehead atoms. The number of amides is 2. The van der Waals surface area contributed by atoms with E-state index < -0.39 is 0 Å². The molecule has 6 heteroatoms. The maximum absolute atomic E-state index is 12.4. The monoisotopic (exact) mass is 405 g/mol. The smallest absolute Gasteiger partial charge is 0.230 e. The zero-order chi connectivity index (χ0) is 20.6. The molecule has 0 aliphatic rings. The van der Waals surface area contributed by atoms with Crippen molar-refractivity contribution in [2.24, 2.45) is 0 Å². The first-order chi connectivity index (χ1) is 14.0. The van der Waals surface area contributed by atoms with Crippen LogP contribution in [-0.2, 0) is 16.0 Å². The second kappa shape index (κ2) is 9.80. The topological polar surface area (TPSA) is 70.2 Å². The van der Waals surface area contributed by atoms with Gasteiger partial charge in [0.2, 0.25) is 11.8 Å². The van der Waals surface area contributed by atoms with Crippen LogP contribution in [0.2, 0.25) is 0 Å². The fourth-order valence-electron chi connectivity index (χ4n) is 3.08. The molecule has 3 aromatic rings. The van der Waals surface area contributed by atoms with Crippen molar-refractivity contribution in [1.29, 1.82) is 0 Å². The largest absolute Gasteiger partial charge is 0.332 e. The molecule has 0 spiro atoms. The summed E-state index contributed by atoms with van der Waals surface area (Å²) in [5, 5.41) is 10.9. The van der Waals surface area contributed by atoms with Crippen LogP contribution < -0.4 is 16.0 Å². The Morgan fingerprint density at radius 3 is 2.34 bits per heavy atom. The van der Waals surface area contributed by atoms with E-state index in [0.29, 0.717) is 17.8 Å². The second-order valence-corrected chi connectivity index (χ2v) is 7.10. The van der Waals surface area contributed by atoms with Crippen molar-refractivity contribution in [3.8, 4) is 0 Å². The average molecular weight is 406 g/mol. The van der Waals surface area contributed by atoms with Gasteiger partial charge in [-0.1, -0.05) is 55.5 Å². The Balaban J connectivity index is 1.59. The number of hydrogen-bond donors (Lipinski definition) is 3. The number of rotatable bonds is 6. The highest BCUT2D eigenvalue weighted by molar-refractivity contribution is 7.80. The molecule has 5 nitrogen and oxygen atoms in total. The summed E-state index contributed by atoms with van der Waals surface area (Å²) in [6.07, 6.45) is 1.49. The number of carbonyl (C=O) groups is 2. The fraction of sp³-hybridized carbons (Fsp3) is 0.174. The molecule has 0 fully saturated rings. The molecule has 0 aliphatic heterocycles. The van der Waals surface area contributed by atoms with E-state index >= 15 is 0 Å². The Kier molecular flexibility index (Phi) is 6.92. The van der Waals surface area contributed by atoms with Crippen molar-refractivity contribution < 1.29 is 9.59 Å². The molecule has 3 aromatic carbocycles. The zero-order valence-corrected chi connectivity index (χ0v) is 17.0. The Bertz CT molecular complexity index is 1040. The lowest BCUT2D eigenvalue weighted by atomic mass is 10.0. The summed E-state index contributed by atoms with van der Waals surface area (Å²) in [5.74, 6) is -0.220. The lowest BCUT2D eigenvalue weighted by Crippen LogP contribution is -2.35. The van der Waals surface area contributed by atoms with Gasteiger partial charge in [0.25, 0.3) is 0 Å². The van der Waals surface area contributed by atoms with Gasteiger partial charge in [-0.3, -0.25) is 9.59 Å². The summed E-state index contributed by atoms with van der Waals surface area (Å²) in [6.45, 7) is 1.96. The van der Waals surface area contributed by atoms with Gasteiger partial charge in [-0.05, 0) is 53.2 Å². The van der Waals surface area contributed by atoms with Crippen LogP contribution in [0.4, 0.5) is 11.4 Å². The SMILES string of the molecule is CCCC(=O)Nc1cccc(NC(=S)NC(=O)Cc2cccc3ccccc23)c1. The van der Waals surface area contributed by atoms with Crippen molar-refractivity contribution in [3.63, 3.8) is 0 Å². The minimum atomic E-state index is -0.189. The molecule has 0 saturated heterocycles. The minimum absolute atomic E-state index is 0.0318. The molecular weight excluding hydrogens is 382 g/mol. The molecule has 0 aliphatic carbocycles. The highest BCUT2D eigenvalue weighted by atomic mass is 32.1. The van der Waals surface area contributed by atoms with Crippen LogP contribution in [0.3, 0.4) is 0 Å². The van der Waals surface area contributed by atoms with E-state index in [1.165, 1.54) is 0 Å². The summed E-state index contributed by atoms with van der Waals surface area (Å²) in [4.78, 5) is 24.2. The van der Waals surface area contributed by atoms with Crippen LogP contribution in [-0.4, -0.2) is 16.9 Å². The molecule has 0 aromatic heterocycles. The van der Waals surface area contributed by atoms with Crippen molar-refractivity contribution in [1.82, 2.24) is 5.32 Å². The van der Waals surface area contributed by atoms with Gasteiger partial charge in [0.1, 0.15) is 0 Å². The number of benzene rings is 3. The van der Waals surface area contributed by atoms with Gasteiger partial charge in [0.05, 0.1) is 6.42 Å². The third kappa shape index (κ3) is 5.86. The van der Waals surface area contributed by atoms with Crippen LogP contribution in [0, 0.1) is 0 Å². The lowest BCUT2D eigenvalue weighted by molar-refractivity contribution is -0.119. The van der Waals surface area contributed by atoms with Gasteiger partial charge >= 0.3 is 0 Å². The number of hydrogen-bond acceptors (Lipinski definition) is 3. The molecule has 29 heavy (non-hydrogen) atoms. The summed E-state index contributed by atoms with van der Waals surface area (Å²) >= 11 is 5.27. The molecule has 0 unspecified atom stereocenters. The number of anilines is 2. The molecule has 0 radical (unpaired) electrons. The summed E-state index contributed by atoms with van der Waals surface area (Å²) < 4.78 is 0. The van der Waals surface area contributed by atoms with E-state index in [2.05, 4.69) is 16.0 Å². The predicted octanol–water partition coefficient (Wildman–Crippen LogP) is 4.63. The third-order valence-electron chi connectivity index (χ3n) is 4.37. The maximum atomic E-state index is 12.4. The van der Waals surface area contributed by atoms with Gasteiger partial charge in [-0.2, -0.15) is 0 Å². The van der Waals surface area contributed by atoms with Crippen LogP contribution in [0.5, 0.6) is 0 Å². The first kappa shape index (κ1) is 20.5. The first-order valence-corrected chi connectivity index (χ1v) is 9.93. The molecule has 3 N–H and O–H groups in total. The number of fused-ring (bicyclic) bond motifs is 1. The number of thiocarbonyl (C=S) groups is 1. The summed E-state index contributed by atoms with van der Waals surface area (Å²) in [7, 11) is 0. The first-order valence-electron chi connectivity index (χ1n) is 9.52. The molecule has 3 rings (SSSR count). The van der Waals surface area contributed by atoms with Gasteiger partial charge in [0.15, 0.2) is 5.11 Å². The van der Waals surface area contributed by atoms with Crippen LogP contribution in [0.25, 0.3) is 10.8 Å². The van der Waals surface area contributed by atoms with Crippen molar-refractivity contribution in [2.45, 2.75) is 26.2 Å². The highest BCUT2D eigenvalue weighted by Gasteiger charge is 2.09. The van der Waals surface area contributed by atoms with Gasteiger partial charge in [0, 0.05) is 17.8 Å². The summed E-state index contributed by atoms with van der Waals surface area (Å²) in [5.41, 5.74) is 2.32. The van der Waals surface area contributed by atoms with Crippen LogP contribution in [0.1, 0.15) is 25.3 Å². The number of carbonyl (C=O) groups excluding carboxylic acids is 2. The van der Waals surface area contributed by atoms with Crippen LogP contribution in [0.15, 0.2) is 66.7 Å². The quantitative estimate of drug-likeness (QED) is 0.523. The van der Waals surface area contributed by atoms with Crippen molar-refractivity contribution in [2.75, 3.05) is 10.6 Å². The Morgan fingerprint density at radius 2 is 1.55 bits per heavy atom. The van der Waals surface area contributed by atoms with Gasteiger partial charge in [-0.15, -0.1) is 0 Å². The van der Waals surface area contributed by atoms with Crippen molar-refractivity contribution in [3.05, 3.63) is 72.3 Å². The molecule has 0 atom stereocenters. The average Bonchev–Trinajstić information content (AvgIpc) is 2.68. The van der Waals surface area contributed by atoms with E-state index in [1.807, 2.05) is 61.5 Å². The Hall–Kier alpha value is -3.25. The summed E-state index contributed by atoms with van der Waals surface area (Å²) in [6, 6.07) is 21.1. The van der Waals surface area contributed by atoms with Crippen LogP contribution >= 0.6 is 12.2 Å². The Labute approximate surface area is 175 Å². The van der Waals surface area contributed by atoms with E-state index in [0.717, 1.165) is 22.8 Å². The normalized spacial score (nSPS) is 10.4. The zero-order valence-electron chi connectivity index (χ0n) is 16.2. The molecule has 0 saturated carbocycles. The molecular formula is C23H23N3O2S. The van der Waals surface area contributed by atoms with E-state index in [-0.39, 0.29) is 23.3 Å². The van der Waals surface area contributed by atoms with Crippen molar-refractivity contribution >= 4 is 51.3 Å². The molecule has 2 amide bonds. The van der Waals surface area contributed by atoms with E-state index in [4.69, 9.17) is 12.2 Å². The standard InChI is InChI=1S/C23H23N3O2S/c1-2-7-21(27)24-18-11-6-12-19(15-18)25-23(29)26-22(28)14-17-10-5-9-16-8-3-4-13-20(16)17/h3-6,8-13,15H,2,7,14H2,1H3,(H,24,27)(H2,25,26,28,29). The van der Waals surface area contributed by atoms with E-state index in [9.17, 15) is 9.59 Å². The Morgan fingerprint density at radius 1 is 0.862 bits per heavy atom. The van der Waals surface area contributed by atoms with E-state index in [1.54, 1.807) is 12.1 Å². The predicted molar refractivity (Wildman–Crippen MR) is 122 cm³/mol. The minimum Gasteiger partial charge on any atom is -0.332 e.